The fourth-order valence-electron chi connectivity index (χ4n) is 1.67. The van der Waals surface area contributed by atoms with Crippen LogP contribution in [0.25, 0.3) is 0 Å². The summed E-state index contributed by atoms with van der Waals surface area (Å²) in [6.07, 6.45) is 0. The summed E-state index contributed by atoms with van der Waals surface area (Å²) in [5.41, 5.74) is 0.673. The van der Waals surface area contributed by atoms with Crippen LogP contribution in [0.15, 0.2) is 38.3 Å². The van der Waals surface area contributed by atoms with Crippen molar-refractivity contribution in [3.05, 3.63) is 49.7 Å². The van der Waals surface area contributed by atoms with Crippen LogP contribution in [0.5, 0.6) is 0 Å². The predicted octanol–water partition coefficient (Wildman–Crippen LogP) is 4.86. The third kappa shape index (κ3) is 3.55. The average molecular weight is 415 g/mol. The molecule has 1 aromatic carbocycles. The fraction of sp³-hybridized carbons (Fsp3) is 0.167. The Morgan fingerprint density at radius 2 is 2.00 bits per heavy atom. The van der Waals surface area contributed by atoms with Crippen molar-refractivity contribution >= 4 is 60.5 Å². The smallest absolute Gasteiger partial charge is 0.206 e. The van der Waals surface area contributed by atoms with Gasteiger partial charge in [-0.05, 0) is 52.0 Å². The molecule has 2 aromatic rings. The maximum atomic E-state index is 12.3. The van der Waals surface area contributed by atoms with Crippen molar-refractivity contribution in [2.75, 3.05) is 0 Å². The lowest BCUT2D eigenvalue weighted by Crippen LogP contribution is -2.26. The molecule has 8 heteroatoms. The Kier molecular flexibility index (Phi) is 5.15. The number of hydrogen-bond acceptors (Lipinski definition) is 3. The van der Waals surface area contributed by atoms with Crippen molar-refractivity contribution in [3.63, 3.8) is 0 Å². The molecule has 0 amide bonds. The van der Waals surface area contributed by atoms with Crippen molar-refractivity contribution in [3.8, 4) is 0 Å². The maximum Gasteiger partial charge on any atom is 0.251 e. The van der Waals surface area contributed by atoms with Crippen LogP contribution < -0.4 is 4.72 Å². The Balaban J connectivity index is 2.28. The largest absolute Gasteiger partial charge is 0.251 e. The van der Waals surface area contributed by atoms with E-state index in [9.17, 15) is 8.42 Å². The summed E-state index contributed by atoms with van der Waals surface area (Å²) in [6.45, 7) is 1.73. The number of rotatable bonds is 4. The van der Waals surface area contributed by atoms with Gasteiger partial charge in [0.25, 0.3) is 10.0 Å². The molecular weight excluding hydrogens is 405 g/mol. The van der Waals surface area contributed by atoms with Crippen LogP contribution in [0.2, 0.25) is 10.0 Å². The maximum absolute atomic E-state index is 12.3. The van der Waals surface area contributed by atoms with Crippen molar-refractivity contribution in [1.82, 2.24) is 4.72 Å². The topological polar surface area (TPSA) is 46.2 Å². The predicted molar refractivity (Wildman–Crippen MR) is 87.2 cm³/mol. The highest BCUT2D eigenvalue weighted by Crippen LogP contribution is 2.31. The molecule has 0 aliphatic heterocycles. The first-order valence-corrected chi connectivity index (χ1v) is 9.42. The molecule has 1 heterocycles. The van der Waals surface area contributed by atoms with Crippen molar-refractivity contribution in [1.29, 1.82) is 0 Å². The minimum absolute atomic E-state index is 0.245. The van der Waals surface area contributed by atoms with Gasteiger partial charge < -0.3 is 0 Å². The van der Waals surface area contributed by atoms with E-state index in [-0.39, 0.29) is 4.21 Å². The van der Waals surface area contributed by atoms with E-state index in [1.54, 1.807) is 36.6 Å². The fourth-order valence-corrected chi connectivity index (χ4v) is 5.82. The third-order valence-electron chi connectivity index (χ3n) is 2.59. The van der Waals surface area contributed by atoms with Crippen LogP contribution >= 0.6 is 50.5 Å². The highest BCUT2D eigenvalue weighted by molar-refractivity contribution is 9.10. The first-order valence-electron chi connectivity index (χ1n) is 5.51. The normalized spacial score (nSPS) is 13.4. The molecule has 0 bridgehead atoms. The van der Waals surface area contributed by atoms with E-state index in [4.69, 9.17) is 23.2 Å². The Morgan fingerprint density at radius 3 is 2.55 bits per heavy atom. The Hall–Kier alpha value is -0.110. The zero-order chi connectivity index (χ0) is 14.9. The van der Waals surface area contributed by atoms with Crippen LogP contribution in [0.1, 0.15) is 18.5 Å². The molecule has 2 rings (SSSR count). The van der Waals surface area contributed by atoms with E-state index < -0.39 is 16.1 Å². The Morgan fingerprint density at radius 1 is 1.30 bits per heavy atom. The van der Waals surface area contributed by atoms with E-state index in [1.165, 1.54) is 0 Å². The molecule has 0 spiro atoms. The molecule has 0 aliphatic rings. The average Bonchev–Trinajstić information content (AvgIpc) is 2.75. The van der Waals surface area contributed by atoms with E-state index >= 15 is 0 Å². The van der Waals surface area contributed by atoms with Gasteiger partial charge in [0, 0.05) is 20.6 Å². The van der Waals surface area contributed by atoms with Gasteiger partial charge >= 0.3 is 0 Å². The molecular formula is C12H10BrCl2NO2S2. The van der Waals surface area contributed by atoms with E-state index in [1.807, 2.05) is 0 Å². The van der Waals surface area contributed by atoms with Crippen LogP contribution in [-0.2, 0) is 10.0 Å². The summed E-state index contributed by atoms with van der Waals surface area (Å²) in [5, 5.41) is 2.64. The number of sulfonamides is 1. The van der Waals surface area contributed by atoms with Gasteiger partial charge in [-0.25, -0.2) is 13.1 Å². The third-order valence-corrected chi connectivity index (χ3v) is 7.36. The molecule has 0 fully saturated rings. The number of halogens is 3. The second-order valence-electron chi connectivity index (χ2n) is 4.06. The number of benzene rings is 1. The minimum atomic E-state index is -3.59. The molecule has 0 saturated carbocycles. The van der Waals surface area contributed by atoms with Crippen molar-refractivity contribution in [2.24, 2.45) is 0 Å². The standard InChI is InChI=1S/C12H10BrCl2NO2S2/c1-7(9-3-2-8(14)6-11(9)15)16-20(17,18)12-10(13)4-5-19-12/h2-7,16H,1H3. The van der Waals surface area contributed by atoms with Gasteiger partial charge in [0.1, 0.15) is 4.21 Å². The summed E-state index contributed by atoms with van der Waals surface area (Å²) in [5.74, 6) is 0. The SMILES string of the molecule is CC(NS(=O)(=O)c1sccc1Br)c1ccc(Cl)cc1Cl. The van der Waals surface area contributed by atoms with Crippen LogP contribution in [0.4, 0.5) is 0 Å². The van der Waals surface area contributed by atoms with Gasteiger partial charge in [-0.1, -0.05) is 29.3 Å². The first kappa shape index (κ1) is 16.3. The summed E-state index contributed by atoms with van der Waals surface area (Å²) >= 11 is 16.3. The lowest BCUT2D eigenvalue weighted by Gasteiger charge is -2.15. The van der Waals surface area contributed by atoms with Crippen molar-refractivity contribution < 1.29 is 8.42 Å². The molecule has 0 aliphatic carbocycles. The van der Waals surface area contributed by atoms with Gasteiger partial charge in [0.05, 0.1) is 0 Å². The monoisotopic (exact) mass is 413 g/mol. The second kappa shape index (κ2) is 6.34. The first-order chi connectivity index (χ1) is 9.31. The molecule has 20 heavy (non-hydrogen) atoms. The highest BCUT2D eigenvalue weighted by Gasteiger charge is 2.23. The molecule has 1 N–H and O–H groups in total. The highest BCUT2D eigenvalue weighted by atomic mass is 79.9. The van der Waals surface area contributed by atoms with Gasteiger partial charge in [0.15, 0.2) is 0 Å². The second-order valence-corrected chi connectivity index (χ2v) is 8.59. The van der Waals surface area contributed by atoms with E-state index in [0.29, 0.717) is 20.1 Å². The number of hydrogen-bond donors (Lipinski definition) is 1. The zero-order valence-electron chi connectivity index (χ0n) is 10.2. The molecule has 108 valence electrons. The lowest BCUT2D eigenvalue weighted by atomic mass is 10.1. The summed E-state index contributed by atoms with van der Waals surface area (Å²) in [4.78, 5) is 0. The van der Waals surface area contributed by atoms with Gasteiger partial charge in [-0.15, -0.1) is 11.3 Å². The molecule has 3 nitrogen and oxygen atoms in total. The summed E-state index contributed by atoms with van der Waals surface area (Å²) < 4.78 is 27.9. The Labute approximate surface area is 140 Å². The van der Waals surface area contributed by atoms with E-state index in [2.05, 4.69) is 20.7 Å². The Bertz CT molecular complexity index is 731. The summed E-state index contributed by atoms with van der Waals surface area (Å²) in [7, 11) is -3.59. The van der Waals surface area contributed by atoms with Crippen LogP contribution in [0.3, 0.4) is 0 Å². The minimum Gasteiger partial charge on any atom is -0.206 e. The summed E-state index contributed by atoms with van der Waals surface area (Å²) in [6, 6.07) is 6.21. The van der Waals surface area contributed by atoms with Gasteiger partial charge in [-0.3, -0.25) is 0 Å². The van der Waals surface area contributed by atoms with Crippen LogP contribution in [-0.4, -0.2) is 8.42 Å². The van der Waals surface area contributed by atoms with E-state index in [0.717, 1.165) is 11.3 Å². The number of thiophene rings is 1. The molecule has 0 saturated heterocycles. The van der Waals surface area contributed by atoms with Crippen molar-refractivity contribution in [2.45, 2.75) is 17.2 Å². The molecule has 1 unspecified atom stereocenters. The number of nitrogens with one attached hydrogen (secondary N) is 1. The molecule has 0 radical (unpaired) electrons. The zero-order valence-corrected chi connectivity index (χ0v) is 15.0. The molecule has 1 atom stereocenters. The lowest BCUT2D eigenvalue weighted by molar-refractivity contribution is 0.568. The molecule has 1 aromatic heterocycles. The van der Waals surface area contributed by atoms with Crippen LogP contribution in [0, 0.1) is 0 Å². The van der Waals surface area contributed by atoms with Gasteiger partial charge in [-0.2, -0.15) is 0 Å². The van der Waals surface area contributed by atoms with Gasteiger partial charge in [0.2, 0.25) is 0 Å². The quantitative estimate of drug-likeness (QED) is 0.776.